The van der Waals surface area contributed by atoms with Crippen molar-refractivity contribution in [1.82, 2.24) is 13.5 Å². The second-order valence-electron chi connectivity index (χ2n) is 5.01. The molecule has 2 aliphatic rings. The average Bonchev–Trinajstić information content (AvgIpc) is 2.50. The van der Waals surface area contributed by atoms with Gasteiger partial charge >= 0.3 is 0 Å². The molecule has 20 heavy (non-hydrogen) atoms. The Morgan fingerprint density at radius 2 is 1.65 bits per heavy atom. The molecule has 2 saturated heterocycles. The maximum Gasteiger partial charge on any atom is 0.282 e. The van der Waals surface area contributed by atoms with Gasteiger partial charge in [0.25, 0.3) is 10.2 Å². The van der Waals surface area contributed by atoms with Crippen LogP contribution in [0.3, 0.4) is 0 Å². The highest BCUT2D eigenvalue weighted by atomic mass is 32.2. The first-order chi connectivity index (χ1) is 9.59. The number of rotatable bonds is 4. The van der Waals surface area contributed by atoms with Crippen molar-refractivity contribution in [1.29, 1.82) is 5.26 Å². The third-order valence-corrected chi connectivity index (χ3v) is 5.91. The zero-order valence-corrected chi connectivity index (χ0v) is 12.7. The molecule has 0 saturated carbocycles. The van der Waals surface area contributed by atoms with Gasteiger partial charge in [0.2, 0.25) is 0 Å². The fraction of sp³-hybridized carbons (Fsp3) is 0.917. The molecule has 0 aromatic carbocycles. The summed E-state index contributed by atoms with van der Waals surface area (Å²) in [6.07, 6.45) is 0.771. The van der Waals surface area contributed by atoms with E-state index in [0.29, 0.717) is 52.5 Å². The average molecular weight is 302 g/mol. The van der Waals surface area contributed by atoms with Crippen LogP contribution in [0.5, 0.6) is 0 Å². The number of nitriles is 1. The van der Waals surface area contributed by atoms with Crippen LogP contribution in [0.15, 0.2) is 0 Å². The number of ether oxygens (including phenoxy) is 1. The number of morpholine rings is 1. The van der Waals surface area contributed by atoms with E-state index in [1.54, 1.807) is 0 Å². The second kappa shape index (κ2) is 6.83. The Morgan fingerprint density at radius 3 is 2.15 bits per heavy atom. The van der Waals surface area contributed by atoms with Gasteiger partial charge in [-0.15, -0.1) is 0 Å². The summed E-state index contributed by atoms with van der Waals surface area (Å²) in [6.45, 7) is 5.92. The van der Waals surface area contributed by atoms with Gasteiger partial charge in [0.15, 0.2) is 0 Å². The van der Waals surface area contributed by atoms with E-state index in [2.05, 4.69) is 11.0 Å². The second-order valence-corrected chi connectivity index (χ2v) is 6.94. The summed E-state index contributed by atoms with van der Waals surface area (Å²) in [5, 5.41) is 9.06. The molecule has 7 nitrogen and oxygen atoms in total. The number of hydrogen-bond donors (Lipinski definition) is 0. The summed E-state index contributed by atoms with van der Waals surface area (Å²) >= 11 is 0. The zero-order valence-electron chi connectivity index (χ0n) is 11.9. The van der Waals surface area contributed by atoms with E-state index in [0.717, 1.165) is 6.42 Å². The van der Waals surface area contributed by atoms with Crippen LogP contribution >= 0.6 is 0 Å². The Hall–Kier alpha value is -0.720. The van der Waals surface area contributed by atoms with Crippen molar-refractivity contribution in [2.45, 2.75) is 19.4 Å². The maximum atomic E-state index is 12.5. The molecule has 0 spiro atoms. The first-order valence-electron chi connectivity index (χ1n) is 7.06. The van der Waals surface area contributed by atoms with Crippen LogP contribution in [0.2, 0.25) is 0 Å². The summed E-state index contributed by atoms with van der Waals surface area (Å²) in [7, 11) is -3.37. The Balaban J connectivity index is 1.94. The molecular formula is C12H22N4O3S. The molecule has 8 heteroatoms. The van der Waals surface area contributed by atoms with Crippen molar-refractivity contribution < 1.29 is 13.2 Å². The van der Waals surface area contributed by atoms with Crippen molar-refractivity contribution in [3.63, 3.8) is 0 Å². The smallest absolute Gasteiger partial charge is 0.282 e. The fourth-order valence-corrected chi connectivity index (χ4v) is 4.18. The van der Waals surface area contributed by atoms with Crippen LogP contribution in [0.25, 0.3) is 0 Å². The molecular weight excluding hydrogens is 280 g/mol. The molecule has 1 atom stereocenters. The van der Waals surface area contributed by atoms with E-state index in [-0.39, 0.29) is 6.04 Å². The molecule has 0 radical (unpaired) electrons. The van der Waals surface area contributed by atoms with E-state index >= 15 is 0 Å². The molecule has 114 valence electrons. The fourth-order valence-electron chi connectivity index (χ4n) is 2.62. The highest BCUT2D eigenvalue weighted by Crippen LogP contribution is 2.15. The van der Waals surface area contributed by atoms with E-state index in [1.165, 1.54) is 8.61 Å². The van der Waals surface area contributed by atoms with Crippen molar-refractivity contribution in [3.8, 4) is 6.07 Å². The maximum absolute atomic E-state index is 12.5. The Labute approximate surface area is 120 Å². The third-order valence-electron chi connectivity index (χ3n) is 3.87. The molecule has 0 aromatic heterocycles. The topological polar surface area (TPSA) is 76.9 Å². The minimum Gasteiger partial charge on any atom is -0.379 e. The van der Waals surface area contributed by atoms with Gasteiger partial charge in [0, 0.05) is 39.3 Å². The van der Waals surface area contributed by atoms with Crippen LogP contribution in [-0.2, 0) is 14.9 Å². The zero-order chi connectivity index (χ0) is 14.6. The van der Waals surface area contributed by atoms with Gasteiger partial charge in [-0.3, -0.25) is 4.90 Å². The lowest BCUT2D eigenvalue weighted by Gasteiger charge is -2.38. The minimum atomic E-state index is -3.37. The molecule has 2 rings (SSSR count). The molecule has 1 unspecified atom stereocenters. The molecule has 0 aromatic rings. The molecule has 0 aliphatic carbocycles. The highest BCUT2D eigenvalue weighted by molar-refractivity contribution is 7.86. The van der Waals surface area contributed by atoms with E-state index in [1.807, 2.05) is 6.92 Å². The summed E-state index contributed by atoms with van der Waals surface area (Å²) in [6, 6.07) is 2.16. The van der Waals surface area contributed by atoms with Gasteiger partial charge in [-0.2, -0.15) is 22.3 Å². The quantitative estimate of drug-likeness (QED) is 0.698. The predicted octanol–water partition coefficient (Wildman–Crippen LogP) is -0.517. The molecule has 2 aliphatic heterocycles. The molecule has 0 bridgehead atoms. The summed E-state index contributed by atoms with van der Waals surface area (Å²) < 4.78 is 33.1. The van der Waals surface area contributed by atoms with Crippen LogP contribution in [0.1, 0.15) is 13.3 Å². The minimum absolute atomic E-state index is 0.108. The van der Waals surface area contributed by atoms with E-state index < -0.39 is 10.2 Å². The number of nitrogens with zero attached hydrogens (tertiary/aromatic N) is 4. The monoisotopic (exact) mass is 302 g/mol. The summed E-state index contributed by atoms with van der Waals surface area (Å²) in [4.78, 5) is 2.06. The number of hydrogen-bond acceptors (Lipinski definition) is 5. The lowest BCUT2D eigenvalue weighted by atomic mass is 10.2. The number of piperazine rings is 1. The largest absolute Gasteiger partial charge is 0.379 e. The Morgan fingerprint density at radius 1 is 1.10 bits per heavy atom. The highest BCUT2D eigenvalue weighted by Gasteiger charge is 2.34. The lowest BCUT2D eigenvalue weighted by molar-refractivity contribution is 0.0680. The summed E-state index contributed by atoms with van der Waals surface area (Å²) in [5.41, 5.74) is 0. The Bertz CT molecular complexity index is 448. The van der Waals surface area contributed by atoms with Crippen molar-refractivity contribution in [2.24, 2.45) is 0 Å². The molecule has 2 heterocycles. The third kappa shape index (κ3) is 3.30. The van der Waals surface area contributed by atoms with Crippen molar-refractivity contribution >= 4 is 10.2 Å². The standard InChI is InChI=1S/C12H22N4O3S/c1-2-12(11-13)14-3-5-15(6-4-14)20(17,18)16-7-9-19-10-8-16/h12H,2-10H2,1H3. The first-order valence-corrected chi connectivity index (χ1v) is 8.46. The van der Waals surface area contributed by atoms with Gasteiger partial charge in [-0.1, -0.05) is 6.92 Å². The van der Waals surface area contributed by atoms with Gasteiger partial charge in [-0.05, 0) is 6.42 Å². The Kier molecular flexibility index (Phi) is 5.35. The van der Waals surface area contributed by atoms with Gasteiger partial charge in [0.05, 0.1) is 25.3 Å². The van der Waals surface area contributed by atoms with Crippen LogP contribution in [0, 0.1) is 11.3 Å². The van der Waals surface area contributed by atoms with Crippen molar-refractivity contribution in [2.75, 3.05) is 52.5 Å². The van der Waals surface area contributed by atoms with Crippen LogP contribution < -0.4 is 0 Å². The molecule has 0 N–H and O–H groups in total. The SMILES string of the molecule is CCC(C#N)N1CCN(S(=O)(=O)N2CCOCC2)CC1. The predicted molar refractivity (Wildman–Crippen MR) is 74.1 cm³/mol. The van der Waals surface area contributed by atoms with Gasteiger partial charge in [0.1, 0.15) is 0 Å². The van der Waals surface area contributed by atoms with Crippen LogP contribution in [0.4, 0.5) is 0 Å². The molecule has 0 amide bonds. The van der Waals surface area contributed by atoms with Crippen molar-refractivity contribution in [3.05, 3.63) is 0 Å². The first kappa shape index (κ1) is 15.7. The molecule has 2 fully saturated rings. The van der Waals surface area contributed by atoms with E-state index in [4.69, 9.17) is 10.00 Å². The van der Waals surface area contributed by atoms with Gasteiger partial charge in [-0.25, -0.2) is 0 Å². The van der Waals surface area contributed by atoms with Gasteiger partial charge < -0.3 is 4.74 Å². The van der Waals surface area contributed by atoms with Crippen LogP contribution in [-0.4, -0.2) is 80.5 Å². The lowest BCUT2D eigenvalue weighted by Crippen LogP contribution is -2.56. The normalized spacial score (nSPS) is 25.2. The summed E-state index contributed by atoms with van der Waals surface area (Å²) in [5.74, 6) is 0. The van der Waals surface area contributed by atoms with E-state index in [9.17, 15) is 8.42 Å².